The molecule has 114 valence electrons. The quantitative estimate of drug-likeness (QED) is 0.787. The zero-order valence-electron chi connectivity index (χ0n) is 12.4. The van der Waals surface area contributed by atoms with E-state index < -0.39 is 6.10 Å². The van der Waals surface area contributed by atoms with Crippen molar-refractivity contribution in [3.63, 3.8) is 0 Å². The molecule has 4 heteroatoms. The van der Waals surface area contributed by atoms with Crippen LogP contribution in [-0.4, -0.2) is 24.9 Å². The average Bonchev–Trinajstić information content (AvgIpc) is 3.02. The van der Waals surface area contributed by atoms with Crippen LogP contribution in [0.2, 0.25) is 0 Å². The van der Waals surface area contributed by atoms with Gasteiger partial charge in [-0.1, -0.05) is 24.3 Å². The number of rotatable bonds is 8. The fourth-order valence-electron chi connectivity index (χ4n) is 2.61. The summed E-state index contributed by atoms with van der Waals surface area (Å²) in [6.07, 6.45) is 2.29. The molecule has 0 amide bonds. The van der Waals surface area contributed by atoms with E-state index in [0.717, 1.165) is 30.6 Å². The predicted octanol–water partition coefficient (Wildman–Crippen LogP) is 3.18. The van der Waals surface area contributed by atoms with Gasteiger partial charge in [0, 0.05) is 22.9 Å². The molecule has 0 bridgehead atoms. The van der Waals surface area contributed by atoms with E-state index in [1.165, 1.54) is 4.88 Å². The van der Waals surface area contributed by atoms with E-state index in [9.17, 15) is 5.11 Å². The van der Waals surface area contributed by atoms with Gasteiger partial charge in [-0.25, -0.2) is 0 Å². The lowest BCUT2D eigenvalue weighted by atomic mass is 9.90. The summed E-state index contributed by atoms with van der Waals surface area (Å²) in [5.74, 6) is 0.717. The van der Waals surface area contributed by atoms with E-state index in [2.05, 4.69) is 17.5 Å². The summed E-state index contributed by atoms with van der Waals surface area (Å²) in [7, 11) is 1.65. The normalized spacial score (nSPS) is 13.9. The van der Waals surface area contributed by atoms with Gasteiger partial charge in [0.25, 0.3) is 0 Å². The van der Waals surface area contributed by atoms with Gasteiger partial charge in [-0.15, -0.1) is 11.3 Å². The van der Waals surface area contributed by atoms with Crippen LogP contribution in [0.1, 0.15) is 29.2 Å². The van der Waals surface area contributed by atoms with Crippen molar-refractivity contribution in [2.45, 2.75) is 31.3 Å². The van der Waals surface area contributed by atoms with Crippen LogP contribution in [0.15, 0.2) is 41.8 Å². The molecule has 3 N–H and O–H groups in total. The molecule has 2 aromatic rings. The Morgan fingerprint density at radius 3 is 2.71 bits per heavy atom. The maximum absolute atomic E-state index is 10.5. The van der Waals surface area contributed by atoms with Crippen LogP contribution in [0, 0.1) is 0 Å². The highest BCUT2D eigenvalue weighted by atomic mass is 32.1. The Hall–Kier alpha value is -1.36. The second-order valence-electron chi connectivity index (χ2n) is 5.12. The first-order valence-corrected chi connectivity index (χ1v) is 8.17. The van der Waals surface area contributed by atoms with Gasteiger partial charge in [0.2, 0.25) is 0 Å². The van der Waals surface area contributed by atoms with Crippen LogP contribution >= 0.6 is 11.3 Å². The fourth-order valence-corrected chi connectivity index (χ4v) is 3.36. The molecule has 3 nitrogen and oxygen atoms in total. The summed E-state index contributed by atoms with van der Waals surface area (Å²) in [5.41, 5.74) is 6.87. The third-order valence-electron chi connectivity index (χ3n) is 3.76. The number of aryl methyl sites for hydroxylation is 1. The molecule has 0 aliphatic heterocycles. The van der Waals surface area contributed by atoms with Crippen LogP contribution in [0.25, 0.3) is 0 Å². The molecule has 1 heterocycles. The SMILES string of the molecule is COc1ccccc1C(CN)C(O)CCCc1cccs1. The largest absolute Gasteiger partial charge is 0.496 e. The van der Waals surface area contributed by atoms with Crippen molar-refractivity contribution < 1.29 is 9.84 Å². The van der Waals surface area contributed by atoms with Crippen molar-refractivity contribution in [1.82, 2.24) is 0 Å². The van der Waals surface area contributed by atoms with Crippen LogP contribution in [-0.2, 0) is 6.42 Å². The van der Waals surface area contributed by atoms with Crippen molar-refractivity contribution >= 4 is 11.3 Å². The van der Waals surface area contributed by atoms with E-state index in [4.69, 9.17) is 10.5 Å². The number of ether oxygens (including phenoxy) is 1. The lowest BCUT2D eigenvalue weighted by molar-refractivity contribution is 0.132. The molecule has 0 aliphatic rings. The topological polar surface area (TPSA) is 55.5 Å². The highest BCUT2D eigenvalue weighted by molar-refractivity contribution is 7.09. The summed E-state index contributed by atoms with van der Waals surface area (Å²) in [4.78, 5) is 1.36. The number of thiophene rings is 1. The highest BCUT2D eigenvalue weighted by Gasteiger charge is 2.22. The molecule has 0 spiro atoms. The molecule has 21 heavy (non-hydrogen) atoms. The number of aliphatic hydroxyl groups excluding tert-OH is 1. The Morgan fingerprint density at radius 2 is 2.05 bits per heavy atom. The molecule has 0 saturated heterocycles. The van der Waals surface area contributed by atoms with E-state index >= 15 is 0 Å². The summed E-state index contributed by atoms with van der Waals surface area (Å²) in [5, 5.41) is 12.6. The zero-order valence-corrected chi connectivity index (χ0v) is 13.2. The van der Waals surface area contributed by atoms with Crippen LogP contribution in [0.3, 0.4) is 0 Å². The Morgan fingerprint density at radius 1 is 1.24 bits per heavy atom. The average molecular weight is 305 g/mol. The lowest BCUT2D eigenvalue weighted by Crippen LogP contribution is -2.26. The maximum atomic E-state index is 10.5. The third-order valence-corrected chi connectivity index (χ3v) is 4.70. The number of nitrogens with two attached hydrogens (primary N) is 1. The molecule has 0 fully saturated rings. The Kier molecular flexibility index (Phi) is 6.23. The molecule has 1 aromatic heterocycles. The van der Waals surface area contributed by atoms with E-state index in [1.54, 1.807) is 18.4 Å². The first kappa shape index (κ1) is 16.0. The molecule has 0 saturated carbocycles. The number of hydrogen-bond donors (Lipinski definition) is 2. The molecular weight excluding hydrogens is 282 g/mol. The summed E-state index contributed by atoms with van der Waals surface area (Å²) in [6, 6.07) is 12.0. The molecule has 0 radical (unpaired) electrons. The van der Waals surface area contributed by atoms with E-state index in [1.807, 2.05) is 24.3 Å². The third kappa shape index (κ3) is 4.30. The first-order chi connectivity index (χ1) is 10.3. The van der Waals surface area contributed by atoms with Gasteiger partial charge >= 0.3 is 0 Å². The monoisotopic (exact) mass is 305 g/mol. The molecule has 2 rings (SSSR count). The number of benzene rings is 1. The lowest BCUT2D eigenvalue weighted by Gasteiger charge is -2.23. The highest BCUT2D eigenvalue weighted by Crippen LogP contribution is 2.30. The minimum absolute atomic E-state index is 0.0792. The van der Waals surface area contributed by atoms with Gasteiger partial charge < -0.3 is 15.6 Å². The predicted molar refractivity (Wildman–Crippen MR) is 88.1 cm³/mol. The second-order valence-corrected chi connectivity index (χ2v) is 6.16. The van der Waals surface area contributed by atoms with Gasteiger partial charge in [0.15, 0.2) is 0 Å². The standard InChI is InChI=1S/C17H23NO2S/c1-20-17-10-3-2-8-14(17)15(12-18)16(19)9-4-6-13-7-5-11-21-13/h2-3,5,7-8,10-11,15-16,19H,4,6,9,12,18H2,1H3. The van der Waals surface area contributed by atoms with Crippen LogP contribution in [0.5, 0.6) is 5.75 Å². The zero-order chi connectivity index (χ0) is 15.1. The van der Waals surface area contributed by atoms with Crippen molar-refractivity contribution in [2.24, 2.45) is 5.73 Å². The van der Waals surface area contributed by atoms with Crippen molar-refractivity contribution in [2.75, 3.05) is 13.7 Å². The molecule has 2 unspecified atom stereocenters. The van der Waals surface area contributed by atoms with Crippen LogP contribution in [0.4, 0.5) is 0 Å². The van der Waals surface area contributed by atoms with Crippen molar-refractivity contribution in [1.29, 1.82) is 0 Å². The summed E-state index contributed by atoms with van der Waals surface area (Å²) in [6.45, 7) is 0.417. The van der Waals surface area contributed by atoms with Gasteiger partial charge in [-0.3, -0.25) is 0 Å². The van der Waals surface area contributed by atoms with Crippen LogP contribution < -0.4 is 10.5 Å². The molecule has 0 aliphatic carbocycles. The number of aliphatic hydroxyl groups is 1. The fraction of sp³-hybridized carbons (Fsp3) is 0.412. The first-order valence-electron chi connectivity index (χ1n) is 7.29. The minimum Gasteiger partial charge on any atom is -0.496 e. The van der Waals surface area contributed by atoms with E-state index in [-0.39, 0.29) is 5.92 Å². The second kappa shape index (κ2) is 8.17. The van der Waals surface area contributed by atoms with E-state index in [0.29, 0.717) is 6.54 Å². The van der Waals surface area contributed by atoms with Gasteiger partial charge in [0.05, 0.1) is 13.2 Å². The van der Waals surface area contributed by atoms with Gasteiger partial charge in [-0.2, -0.15) is 0 Å². The Bertz CT molecular complexity index is 527. The minimum atomic E-state index is -0.439. The van der Waals surface area contributed by atoms with Crippen molar-refractivity contribution in [3.05, 3.63) is 52.2 Å². The van der Waals surface area contributed by atoms with Crippen molar-refractivity contribution in [3.8, 4) is 5.75 Å². The number of hydrogen-bond acceptors (Lipinski definition) is 4. The van der Waals surface area contributed by atoms with Gasteiger partial charge in [0.1, 0.15) is 5.75 Å². The number of methoxy groups -OCH3 is 1. The summed E-state index contributed by atoms with van der Waals surface area (Å²) >= 11 is 1.76. The Balaban J connectivity index is 1.96. The molecular formula is C17H23NO2S. The number of para-hydroxylation sites is 1. The smallest absolute Gasteiger partial charge is 0.122 e. The molecule has 1 aromatic carbocycles. The molecule has 2 atom stereocenters. The maximum Gasteiger partial charge on any atom is 0.122 e. The van der Waals surface area contributed by atoms with Gasteiger partial charge in [-0.05, 0) is 36.8 Å². The summed E-state index contributed by atoms with van der Waals surface area (Å²) < 4.78 is 5.38. The Labute approximate surface area is 130 Å².